The molecule has 10 heteroatoms. The highest BCUT2D eigenvalue weighted by Crippen LogP contribution is 2.40. The van der Waals surface area contributed by atoms with Crippen molar-refractivity contribution < 1.29 is 26.7 Å². The van der Waals surface area contributed by atoms with Crippen LogP contribution in [0.3, 0.4) is 0 Å². The molecule has 8 nitrogen and oxygen atoms in total. The number of allylic oxidation sites excluding steroid dienone is 1. The minimum atomic E-state index is -4.95. The number of rotatable bonds is 3. The molecule has 0 aromatic heterocycles. The molecule has 2 atom stereocenters. The summed E-state index contributed by atoms with van der Waals surface area (Å²) in [5.74, 6) is -1.51. The molecule has 104 valence electrons. The Hall–Kier alpha value is -1.36. The summed E-state index contributed by atoms with van der Waals surface area (Å²) in [5.41, 5.74) is 5.67. The number of nitrogens with zero attached hydrogens (tertiary/aromatic N) is 1. The minimum absolute atomic E-state index is 0.247. The fourth-order valence-corrected chi connectivity index (χ4v) is 3.38. The van der Waals surface area contributed by atoms with Crippen molar-refractivity contribution in [1.82, 2.24) is 4.90 Å². The molecule has 0 bridgehead atoms. The Morgan fingerprint density at radius 3 is 2.79 bits per heavy atom. The molecule has 2 aliphatic rings. The van der Waals surface area contributed by atoms with Crippen molar-refractivity contribution in [2.45, 2.75) is 11.4 Å². The van der Waals surface area contributed by atoms with E-state index in [2.05, 4.69) is 10.8 Å². The highest BCUT2D eigenvalue weighted by molar-refractivity contribution is 8.00. The van der Waals surface area contributed by atoms with Crippen LogP contribution in [0.25, 0.3) is 0 Å². The number of carbonyl (C=O) groups is 2. The quantitative estimate of drug-likeness (QED) is 0.503. The Labute approximate surface area is 113 Å². The van der Waals surface area contributed by atoms with Gasteiger partial charge in [-0.15, -0.1) is 11.8 Å². The number of fused-ring (bicyclic) bond motifs is 1. The van der Waals surface area contributed by atoms with Gasteiger partial charge in [0.1, 0.15) is 17.1 Å². The first-order chi connectivity index (χ1) is 8.76. The van der Waals surface area contributed by atoms with Crippen molar-refractivity contribution in [3.8, 4) is 0 Å². The summed E-state index contributed by atoms with van der Waals surface area (Å²) >= 11 is 1.33. The van der Waals surface area contributed by atoms with E-state index in [1.165, 1.54) is 17.8 Å². The third-order valence-electron chi connectivity index (χ3n) is 2.66. The van der Waals surface area contributed by atoms with Crippen LogP contribution in [-0.4, -0.2) is 46.9 Å². The lowest BCUT2D eigenvalue weighted by Gasteiger charge is -2.47. The summed E-state index contributed by atoms with van der Waals surface area (Å²) in [6, 6.07) is -0.745. The number of amides is 1. The van der Waals surface area contributed by atoms with E-state index in [0.717, 1.165) is 4.90 Å². The number of nitrogens with two attached hydrogens (primary N) is 1. The van der Waals surface area contributed by atoms with Crippen molar-refractivity contribution in [3.63, 3.8) is 0 Å². The lowest BCUT2D eigenvalue weighted by molar-refractivity contribution is -0.147. The van der Waals surface area contributed by atoms with Gasteiger partial charge in [0.15, 0.2) is 0 Å². The molecule has 1 amide bonds. The van der Waals surface area contributed by atoms with Gasteiger partial charge < -0.3 is 9.92 Å². The van der Waals surface area contributed by atoms with Crippen LogP contribution < -0.4 is 5.73 Å². The van der Waals surface area contributed by atoms with Gasteiger partial charge in [0, 0.05) is 5.75 Å². The topological polar surface area (TPSA) is 127 Å². The first-order valence-electron chi connectivity index (χ1n) is 5.03. The zero-order valence-corrected chi connectivity index (χ0v) is 11.1. The molecular weight excluding hydrogens is 296 g/mol. The maximum atomic E-state index is 11.7. The highest BCUT2D eigenvalue weighted by atomic mass is 32.3. The molecule has 1 fully saturated rings. The third-order valence-corrected chi connectivity index (χ3v) is 4.34. The molecular formula is C9H10N2O6S2. The Morgan fingerprint density at radius 2 is 2.26 bits per heavy atom. The third kappa shape index (κ3) is 2.39. The standard InChI is InChI=1S/C9H10N2O6S2/c1-2-4-3-18-8-5(10)7(12)11(8)6(4)9(13)17-19(14,15)16/h2,5,8H,1,3,10H2,(H,14,15,16). The second-order valence-electron chi connectivity index (χ2n) is 3.81. The van der Waals surface area contributed by atoms with Gasteiger partial charge in [0.25, 0.3) is 0 Å². The molecule has 0 aromatic rings. The van der Waals surface area contributed by atoms with Gasteiger partial charge in [0.05, 0.1) is 0 Å². The SMILES string of the molecule is C=CC1=C(C(=O)OS(=O)(=O)O)N2C(=O)C(N)C2SC1. The maximum Gasteiger partial charge on any atom is 0.449 e. The van der Waals surface area contributed by atoms with Gasteiger partial charge >= 0.3 is 16.4 Å². The molecule has 2 rings (SSSR count). The van der Waals surface area contributed by atoms with Gasteiger partial charge in [-0.3, -0.25) is 14.2 Å². The van der Waals surface area contributed by atoms with Crippen molar-refractivity contribution >= 4 is 34.0 Å². The Bertz CT molecular complexity index is 596. The zero-order valence-electron chi connectivity index (χ0n) is 9.48. The highest BCUT2D eigenvalue weighted by Gasteiger charge is 2.52. The smallest absolute Gasteiger partial charge is 0.319 e. The normalized spacial score (nSPS) is 26.6. The molecule has 0 radical (unpaired) electrons. The second-order valence-corrected chi connectivity index (χ2v) is 5.94. The van der Waals surface area contributed by atoms with E-state index in [4.69, 9.17) is 10.3 Å². The largest absolute Gasteiger partial charge is 0.449 e. The fraction of sp³-hybridized carbons (Fsp3) is 0.333. The molecule has 0 aliphatic carbocycles. The summed E-state index contributed by atoms with van der Waals surface area (Å²) < 4.78 is 33.5. The molecule has 0 saturated carbocycles. The fourth-order valence-electron chi connectivity index (χ4n) is 1.82. The van der Waals surface area contributed by atoms with Crippen LogP contribution in [0.4, 0.5) is 0 Å². The summed E-state index contributed by atoms with van der Waals surface area (Å²) in [7, 11) is -4.95. The first kappa shape index (κ1) is 14.1. The van der Waals surface area contributed by atoms with Crippen LogP contribution in [0.15, 0.2) is 23.9 Å². The van der Waals surface area contributed by atoms with Crippen LogP contribution >= 0.6 is 11.8 Å². The summed E-state index contributed by atoms with van der Waals surface area (Å²) in [4.78, 5) is 24.4. The predicted molar refractivity (Wildman–Crippen MR) is 65.9 cm³/mol. The average Bonchev–Trinajstić information content (AvgIpc) is 2.33. The summed E-state index contributed by atoms with van der Waals surface area (Å²) in [6.45, 7) is 3.48. The predicted octanol–water partition coefficient (Wildman–Crippen LogP) is -0.985. The van der Waals surface area contributed by atoms with Gasteiger partial charge in [-0.25, -0.2) is 4.79 Å². The second kappa shape index (κ2) is 4.63. The summed E-state index contributed by atoms with van der Waals surface area (Å²) in [6.07, 6.45) is 1.32. The minimum Gasteiger partial charge on any atom is -0.319 e. The lowest BCUT2D eigenvalue weighted by Crippen LogP contribution is -2.68. The maximum absolute atomic E-state index is 11.7. The molecule has 19 heavy (non-hydrogen) atoms. The van der Waals surface area contributed by atoms with E-state index in [-0.39, 0.29) is 5.70 Å². The Balaban J connectivity index is 2.38. The van der Waals surface area contributed by atoms with Gasteiger partial charge in [-0.2, -0.15) is 8.42 Å². The molecule has 0 aromatic carbocycles. The Kier molecular flexibility index (Phi) is 3.43. The van der Waals surface area contributed by atoms with E-state index >= 15 is 0 Å². The van der Waals surface area contributed by atoms with Crippen LogP contribution in [0.5, 0.6) is 0 Å². The van der Waals surface area contributed by atoms with Gasteiger partial charge in [0.2, 0.25) is 5.91 Å². The number of thioether (sulfide) groups is 1. The van der Waals surface area contributed by atoms with E-state index in [1.54, 1.807) is 0 Å². The average molecular weight is 306 g/mol. The van der Waals surface area contributed by atoms with E-state index < -0.39 is 33.7 Å². The molecule has 0 spiro atoms. The van der Waals surface area contributed by atoms with Gasteiger partial charge in [-0.05, 0) is 5.57 Å². The van der Waals surface area contributed by atoms with E-state index in [9.17, 15) is 18.0 Å². The van der Waals surface area contributed by atoms with E-state index in [0.29, 0.717) is 11.3 Å². The lowest BCUT2D eigenvalue weighted by atomic mass is 10.0. The first-order valence-corrected chi connectivity index (χ1v) is 7.44. The zero-order chi connectivity index (χ0) is 14.4. The number of hydrogen-bond donors (Lipinski definition) is 2. The van der Waals surface area contributed by atoms with Crippen LogP contribution in [0.2, 0.25) is 0 Å². The Morgan fingerprint density at radius 1 is 1.63 bits per heavy atom. The number of hydrogen-bond acceptors (Lipinski definition) is 7. The molecule has 2 aliphatic heterocycles. The monoisotopic (exact) mass is 306 g/mol. The molecule has 1 saturated heterocycles. The van der Waals surface area contributed by atoms with Crippen molar-refractivity contribution in [1.29, 1.82) is 0 Å². The van der Waals surface area contributed by atoms with Gasteiger partial charge in [-0.1, -0.05) is 12.7 Å². The van der Waals surface area contributed by atoms with Crippen molar-refractivity contribution in [2.75, 3.05) is 5.75 Å². The van der Waals surface area contributed by atoms with Crippen LogP contribution in [0, 0.1) is 0 Å². The molecule has 2 unspecified atom stereocenters. The van der Waals surface area contributed by atoms with Crippen LogP contribution in [0.1, 0.15) is 0 Å². The molecule has 3 N–H and O–H groups in total. The molecule has 2 heterocycles. The van der Waals surface area contributed by atoms with Crippen molar-refractivity contribution in [2.24, 2.45) is 5.73 Å². The summed E-state index contributed by atoms with van der Waals surface area (Å²) in [5, 5.41) is -0.444. The number of carbonyl (C=O) groups excluding carboxylic acids is 2. The van der Waals surface area contributed by atoms with E-state index in [1.807, 2.05) is 0 Å². The van der Waals surface area contributed by atoms with Crippen LogP contribution in [-0.2, 0) is 24.2 Å². The van der Waals surface area contributed by atoms with Crippen molar-refractivity contribution in [3.05, 3.63) is 23.9 Å². The number of β-lactam (4-membered cyclic amide) rings is 1.